The number of benzene rings is 2. The van der Waals surface area contributed by atoms with E-state index in [1.165, 1.54) is 16.7 Å². The van der Waals surface area contributed by atoms with Crippen LogP contribution in [0.2, 0.25) is 0 Å². The number of halogens is 1. The van der Waals surface area contributed by atoms with Crippen LogP contribution in [0, 0.1) is 5.82 Å². The van der Waals surface area contributed by atoms with Gasteiger partial charge in [0, 0.05) is 23.2 Å². The average Bonchev–Trinajstić information content (AvgIpc) is 2.98. The molecule has 0 fully saturated rings. The monoisotopic (exact) mass is 317 g/mol. The molecule has 1 nitrogen and oxygen atoms in total. The summed E-state index contributed by atoms with van der Waals surface area (Å²) in [5.41, 5.74) is 8.72. The van der Waals surface area contributed by atoms with Gasteiger partial charge in [-0.05, 0) is 41.2 Å². The van der Waals surface area contributed by atoms with Crippen LogP contribution in [0.3, 0.4) is 0 Å². The molecule has 0 radical (unpaired) electrons. The first kappa shape index (κ1) is 15.1. The van der Waals surface area contributed by atoms with Crippen molar-refractivity contribution in [2.75, 3.05) is 0 Å². The molecule has 3 aromatic rings. The third kappa shape index (κ3) is 2.17. The Balaban J connectivity index is 2.12. The fraction of sp³-hybridized carbons (Fsp3) is 0.227. The molecule has 2 aromatic carbocycles. The number of aromatic nitrogens is 1. The number of fused-ring (bicyclic) bond motifs is 3. The van der Waals surface area contributed by atoms with Gasteiger partial charge in [0.25, 0.3) is 0 Å². The highest BCUT2D eigenvalue weighted by Gasteiger charge is 2.27. The van der Waals surface area contributed by atoms with Gasteiger partial charge in [-0.3, -0.25) is 4.98 Å². The Morgan fingerprint density at radius 3 is 2.29 bits per heavy atom. The summed E-state index contributed by atoms with van der Waals surface area (Å²) in [6, 6.07) is 15.5. The van der Waals surface area contributed by atoms with Crippen molar-refractivity contribution in [3.63, 3.8) is 0 Å². The van der Waals surface area contributed by atoms with Crippen molar-refractivity contribution in [1.29, 1.82) is 0 Å². The molecule has 0 N–H and O–H groups in total. The lowest BCUT2D eigenvalue weighted by molar-refractivity contribution is 0.631. The lowest BCUT2D eigenvalue weighted by Gasteiger charge is -2.18. The van der Waals surface area contributed by atoms with E-state index in [4.69, 9.17) is 4.98 Å². The van der Waals surface area contributed by atoms with Crippen molar-refractivity contribution in [3.8, 4) is 22.3 Å². The summed E-state index contributed by atoms with van der Waals surface area (Å²) in [4.78, 5) is 4.95. The van der Waals surface area contributed by atoms with Crippen LogP contribution in [0.1, 0.15) is 36.4 Å². The molecular weight excluding hydrogens is 297 g/mol. The van der Waals surface area contributed by atoms with Crippen LogP contribution >= 0.6 is 0 Å². The highest BCUT2D eigenvalue weighted by Crippen LogP contribution is 2.45. The number of nitrogens with zero attached hydrogens (tertiary/aromatic N) is 1. The maximum atomic E-state index is 14.7. The standard InChI is InChI=1S/C22H20FN/c1-3-15-19(4-2)24-20-13-14-9-5-6-10-16(14)22(20)21(15)17-11-7-8-12-18(17)23/h5-12H,3-4,13H2,1-2H3. The van der Waals surface area contributed by atoms with E-state index in [9.17, 15) is 4.39 Å². The van der Waals surface area contributed by atoms with Crippen LogP contribution in [0.4, 0.5) is 4.39 Å². The van der Waals surface area contributed by atoms with Crippen LogP contribution in [-0.4, -0.2) is 4.98 Å². The van der Waals surface area contributed by atoms with E-state index in [0.29, 0.717) is 5.56 Å². The van der Waals surface area contributed by atoms with Crippen LogP contribution in [0.5, 0.6) is 0 Å². The normalized spacial score (nSPS) is 12.1. The second kappa shape index (κ2) is 5.86. The molecule has 1 aliphatic rings. The summed E-state index contributed by atoms with van der Waals surface area (Å²) >= 11 is 0. The minimum Gasteiger partial charge on any atom is -0.257 e. The predicted octanol–water partition coefficient (Wildman–Crippen LogP) is 5.58. The molecular formula is C22H20FN. The van der Waals surface area contributed by atoms with E-state index in [1.54, 1.807) is 12.1 Å². The lowest BCUT2D eigenvalue weighted by Crippen LogP contribution is -2.04. The van der Waals surface area contributed by atoms with Crippen LogP contribution < -0.4 is 0 Å². The molecule has 1 heterocycles. The number of hydrogen-bond acceptors (Lipinski definition) is 1. The third-order valence-electron chi connectivity index (χ3n) is 4.93. The molecule has 1 aliphatic carbocycles. The van der Waals surface area contributed by atoms with E-state index in [0.717, 1.165) is 41.8 Å². The Bertz CT molecular complexity index is 927. The lowest BCUT2D eigenvalue weighted by atomic mass is 9.89. The Morgan fingerprint density at radius 1 is 0.875 bits per heavy atom. The van der Waals surface area contributed by atoms with E-state index in [-0.39, 0.29) is 5.82 Å². The molecule has 0 bridgehead atoms. The fourth-order valence-electron chi connectivity index (χ4n) is 3.88. The molecule has 120 valence electrons. The summed E-state index contributed by atoms with van der Waals surface area (Å²) < 4.78 is 14.7. The summed E-state index contributed by atoms with van der Waals surface area (Å²) in [5.74, 6) is -0.160. The molecule has 0 unspecified atom stereocenters. The van der Waals surface area contributed by atoms with Crippen LogP contribution in [0.25, 0.3) is 22.3 Å². The van der Waals surface area contributed by atoms with Crippen LogP contribution in [0.15, 0.2) is 48.5 Å². The first-order chi connectivity index (χ1) is 11.7. The number of aryl methyl sites for hydroxylation is 1. The SMILES string of the molecule is CCc1nc2c(c(-c3ccccc3F)c1CC)-c1ccccc1C2. The predicted molar refractivity (Wildman–Crippen MR) is 96.6 cm³/mol. The van der Waals surface area contributed by atoms with Gasteiger partial charge < -0.3 is 0 Å². The minimum absolute atomic E-state index is 0.160. The van der Waals surface area contributed by atoms with Gasteiger partial charge in [0.2, 0.25) is 0 Å². The molecule has 4 rings (SSSR count). The smallest absolute Gasteiger partial charge is 0.131 e. The largest absolute Gasteiger partial charge is 0.257 e. The topological polar surface area (TPSA) is 12.9 Å². The maximum Gasteiger partial charge on any atom is 0.131 e. The second-order valence-corrected chi connectivity index (χ2v) is 6.25. The van der Waals surface area contributed by atoms with Gasteiger partial charge >= 0.3 is 0 Å². The molecule has 0 saturated carbocycles. The zero-order valence-electron chi connectivity index (χ0n) is 14.1. The highest BCUT2D eigenvalue weighted by molar-refractivity contribution is 5.91. The fourth-order valence-corrected chi connectivity index (χ4v) is 3.88. The molecule has 2 heteroatoms. The number of pyridine rings is 1. The van der Waals surface area contributed by atoms with Crippen molar-refractivity contribution >= 4 is 0 Å². The van der Waals surface area contributed by atoms with Gasteiger partial charge in [-0.25, -0.2) is 4.39 Å². The van der Waals surface area contributed by atoms with Gasteiger partial charge in [-0.15, -0.1) is 0 Å². The molecule has 24 heavy (non-hydrogen) atoms. The summed E-state index contributed by atoms with van der Waals surface area (Å²) in [7, 11) is 0. The molecule has 0 aliphatic heterocycles. The Labute approximate surface area is 142 Å². The second-order valence-electron chi connectivity index (χ2n) is 6.25. The minimum atomic E-state index is -0.160. The summed E-state index contributed by atoms with van der Waals surface area (Å²) in [6.45, 7) is 4.26. The molecule has 0 amide bonds. The van der Waals surface area contributed by atoms with Crippen molar-refractivity contribution in [3.05, 3.63) is 76.9 Å². The quantitative estimate of drug-likeness (QED) is 0.480. The van der Waals surface area contributed by atoms with Gasteiger partial charge in [0.15, 0.2) is 0 Å². The Morgan fingerprint density at radius 2 is 1.58 bits per heavy atom. The van der Waals surface area contributed by atoms with Crippen molar-refractivity contribution in [1.82, 2.24) is 4.98 Å². The van der Waals surface area contributed by atoms with Crippen molar-refractivity contribution < 1.29 is 4.39 Å². The van der Waals surface area contributed by atoms with Crippen molar-refractivity contribution in [2.24, 2.45) is 0 Å². The summed E-state index contributed by atoms with van der Waals surface area (Å²) in [5, 5.41) is 0. The van der Waals surface area contributed by atoms with E-state index in [2.05, 4.69) is 38.1 Å². The Kier molecular flexibility index (Phi) is 3.68. The van der Waals surface area contributed by atoms with E-state index in [1.807, 2.05) is 12.1 Å². The first-order valence-electron chi connectivity index (χ1n) is 8.62. The van der Waals surface area contributed by atoms with Gasteiger partial charge in [-0.2, -0.15) is 0 Å². The van der Waals surface area contributed by atoms with Crippen LogP contribution in [-0.2, 0) is 19.3 Å². The molecule has 0 spiro atoms. The average molecular weight is 317 g/mol. The number of hydrogen-bond donors (Lipinski definition) is 0. The van der Waals surface area contributed by atoms with E-state index >= 15 is 0 Å². The molecule has 0 atom stereocenters. The summed E-state index contributed by atoms with van der Waals surface area (Å²) in [6.07, 6.45) is 2.56. The van der Waals surface area contributed by atoms with Gasteiger partial charge in [0.05, 0.1) is 5.69 Å². The third-order valence-corrected chi connectivity index (χ3v) is 4.93. The Hall–Kier alpha value is -2.48. The maximum absolute atomic E-state index is 14.7. The molecule has 1 aromatic heterocycles. The zero-order chi connectivity index (χ0) is 16.7. The number of rotatable bonds is 3. The molecule has 0 saturated heterocycles. The zero-order valence-corrected chi connectivity index (χ0v) is 14.1. The van der Waals surface area contributed by atoms with E-state index < -0.39 is 0 Å². The first-order valence-corrected chi connectivity index (χ1v) is 8.62. The van der Waals surface area contributed by atoms with Crippen molar-refractivity contribution in [2.45, 2.75) is 33.1 Å². The highest BCUT2D eigenvalue weighted by atomic mass is 19.1. The van der Waals surface area contributed by atoms with Gasteiger partial charge in [-0.1, -0.05) is 56.3 Å². The van der Waals surface area contributed by atoms with Gasteiger partial charge in [0.1, 0.15) is 5.82 Å².